The van der Waals surface area contributed by atoms with E-state index in [1.807, 2.05) is 36.4 Å². The molecule has 6 nitrogen and oxygen atoms in total. The highest BCUT2D eigenvalue weighted by Crippen LogP contribution is 2.33. The van der Waals surface area contributed by atoms with Gasteiger partial charge in [0.25, 0.3) is 0 Å². The molecule has 0 amide bonds. The van der Waals surface area contributed by atoms with Gasteiger partial charge in [-0.05, 0) is 36.4 Å². The average Bonchev–Trinajstić information content (AvgIpc) is 3.01. The lowest BCUT2D eigenvalue weighted by Gasteiger charge is -2.11. The monoisotopic (exact) mass is 304 g/mol. The lowest BCUT2D eigenvalue weighted by molar-refractivity contribution is 0.853. The Labute approximate surface area is 133 Å². The molecular formula is C17H16N6. The third kappa shape index (κ3) is 2.66. The number of rotatable bonds is 3. The van der Waals surface area contributed by atoms with Crippen LogP contribution < -0.4 is 16.4 Å². The molecule has 1 aliphatic heterocycles. The molecule has 1 atom stereocenters. The second kappa shape index (κ2) is 5.57. The molecule has 1 unspecified atom stereocenters. The van der Waals surface area contributed by atoms with E-state index in [-0.39, 0.29) is 5.92 Å². The Morgan fingerprint density at radius 1 is 1.04 bits per heavy atom. The van der Waals surface area contributed by atoms with E-state index in [0.717, 1.165) is 29.4 Å². The van der Waals surface area contributed by atoms with E-state index in [2.05, 4.69) is 31.7 Å². The van der Waals surface area contributed by atoms with Crippen molar-refractivity contribution in [2.75, 3.05) is 22.9 Å². The summed E-state index contributed by atoms with van der Waals surface area (Å²) in [6.07, 6.45) is 3.57. The molecule has 1 aliphatic rings. The second-order valence-corrected chi connectivity index (χ2v) is 5.43. The first-order chi connectivity index (χ1) is 11.3. The maximum Gasteiger partial charge on any atom is 0.227 e. The summed E-state index contributed by atoms with van der Waals surface area (Å²) in [6, 6.07) is 13.5. The maximum absolute atomic E-state index is 5.70. The quantitative estimate of drug-likeness (QED) is 0.645. The Hall–Kier alpha value is -3.15. The summed E-state index contributed by atoms with van der Waals surface area (Å²) in [7, 11) is 0. The zero-order valence-corrected chi connectivity index (χ0v) is 12.4. The van der Waals surface area contributed by atoms with Crippen molar-refractivity contribution in [3.8, 4) is 0 Å². The van der Waals surface area contributed by atoms with Crippen LogP contribution in [0.1, 0.15) is 17.2 Å². The molecule has 0 bridgehead atoms. The van der Waals surface area contributed by atoms with E-state index in [4.69, 9.17) is 5.73 Å². The van der Waals surface area contributed by atoms with Gasteiger partial charge in [0.1, 0.15) is 5.82 Å². The largest absolute Gasteiger partial charge is 0.399 e. The van der Waals surface area contributed by atoms with Crippen molar-refractivity contribution in [3.05, 3.63) is 66.1 Å². The first-order valence-electron chi connectivity index (χ1n) is 7.44. The van der Waals surface area contributed by atoms with Gasteiger partial charge < -0.3 is 16.4 Å². The molecule has 4 rings (SSSR count). The molecule has 2 aromatic heterocycles. The molecule has 1 aromatic carbocycles. The van der Waals surface area contributed by atoms with E-state index in [9.17, 15) is 0 Å². The van der Waals surface area contributed by atoms with E-state index in [0.29, 0.717) is 5.95 Å². The molecule has 0 spiro atoms. The molecule has 6 heteroatoms. The maximum atomic E-state index is 5.70. The summed E-state index contributed by atoms with van der Waals surface area (Å²) in [4.78, 5) is 13.3. The minimum atomic E-state index is 0.189. The molecule has 114 valence electrons. The van der Waals surface area contributed by atoms with Crippen LogP contribution in [0.5, 0.6) is 0 Å². The number of nitrogens with two attached hydrogens (primary N) is 1. The first-order valence-corrected chi connectivity index (χ1v) is 7.44. The smallest absolute Gasteiger partial charge is 0.227 e. The highest BCUT2D eigenvalue weighted by molar-refractivity contribution is 5.58. The third-order valence-electron chi connectivity index (χ3n) is 3.89. The van der Waals surface area contributed by atoms with Gasteiger partial charge in [0, 0.05) is 41.8 Å². The number of fused-ring (bicyclic) bond motifs is 1. The van der Waals surface area contributed by atoms with Crippen LogP contribution >= 0.6 is 0 Å². The summed E-state index contributed by atoms with van der Waals surface area (Å²) < 4.78 is 0. The molecule has 0 fully saturated rings. The van der Waals surface area contributed by atoms with Gasteiger partial charge in [-0.2, -0.15) is 0 Å². The van der Waals surface area contributed by atoms with Crippen LogP contribution in [-0.2, 0) is 0 Å². The van der Waals surface area contributed by atoms with Gasteiger partial charge in [-0.15, -0.1) is 0 Å². The summed E-state index contributed by atoms with van der Waals surface area (Å²) in [6.45, 7) is 0.796. The van der Waals surface area contributed by atoms with Crippen LogP contribution in [0.2, 0.25) is 0 Å². The van der Waals surface area contributed by atoms with Crippen molar-refractivity contribution in [2.45, 2.75) is 5.92 Å². The van der Waals surface area contributed by atoms with Crippen LogP contribution in [0.25, 0.3) is 0 Å². The number of pyridine rings is 1. The molecule has 0 radical (unpaired) electrons. The van der Waals surface area contributed by atoms with Crippen molar-refractivity contribution < 1.29 is 0 Å². The number of nitrogens with one attached hydrogen (secondary N) is 2. The van der Waals surface area contributed by atoms with Crippen LogP contribution in [0, 0.1) is 0 Å². The Bertz CT molecular complexity index is 830. The van der Waals surface area contributed by atoms with Crippen molar-refractivity contribution in [3.63, 3.8) is 0 Å². The molecule has 3 heterocycles. The minimum absolute atomic E-state index is 0.189. The van der Waals surface area contributed by atoms with E-state index in [1.54, 1.807) is 12.4 Å². The second-order valence-electron chi connectivity index (χ2n) is 5.43. The average molecular weight is 304 g/mol. The zero-order valence-electron chi connectivity index (χ0n) is 12.4. The number of benzene rings is 1. The fraction of sp³-hybridized carbons (Fsp3) is 0.118. The van der Waals surface area contributed by atoms with Gasteiger partial charge in [0.05, 0.1) is 5.69 Å². The predicted molar refractivity (Wildman–Crippen MR) is 90.7 cm³/mol. The molecule has 23 heavy (non-hydrogen) atoms. The number of aromatic nitrogens is 3. The fourth-order valence-electron chi connectivity index (χ4n) is 2.74. The molecule has 0 aliphatic carbocycles. The van der Waals surface area contributed by atoms with Crippen molar-refractivity contribution in [2.24, 2.45) is 0 Å². The number of anilines is 4. The first kappa shape index (κ1) is 13.5. The summed E-state index contributed by atoms with van der Waals surface area (Å²) in [5, 5.41) is 6.52. The third-order valence-corrected chi connectivity index (χ3v) is 3.89. The Morgan fingerprint density at radius 3 is 2.78 bits per heavy atom. The van der Waals surface area contributed by atoms with Gasteiger partial charge in [-0.1, -0.05) is 6.07 Å². The molecular weight excluding hydrogens is 288 g/mol. The van der Waals surface area contributed by atoms with Gasteiger partial charge in [-0.3, -0.25) is 0 Å². The van der Waals surface area contributed by atoms with Crippen molar-refractivity contribution in [1.29, 1.82) is 0 Å². The lowest BCUT2D eigenvalue weighted by Crippen LogP contribution is -2.08. The summed E-state index contributed by atoms with van der Waals surface area (Å²) in [5.41, 5.74) is 9.47. The Morgan fingerprint density at radius 2 is 1.91 bits per heavy atom. The number of hydrogen-bond donors (Lipinski definition) is 3. The van der Waals surface area contributed by atoms with E-state index in [1.165, 1.54) is 5.56 Å². The van der Waals surface area contributed by atoms with E-state index < -0.39 is 0 Å². The van der Waals surface area contributed by atoms with Crippen LogP contribution in [0.15, 0.2) is 54.9 Å². The molecule has 0 saturated heterocycles. The van der Waals surface area contributed by atoms with E-state index >= 15 is 0 Å². The predicted octanol–water partition coefficient (Wildman–Crippen LogP) is 2.75. The topological polar surface area (TPSA) is 88.8 Å². The molecule has 4 N–H and O–H groups in total. The SMILES string of the molecule is Nc1ccc(Nc2nccc(C3CNc4ncccc43)n2)cc1. The zero-order chi connectivity index (χ0) is 15.6. The normalized spacial score (nSPS) is 15.7. The van der Waals surface area contributed by atoms with Gasteiger partial charge in [-0.25, -0.2) is 15.0 Å². The standard InChI is InChI=1S/C17H16N6/c18-11-3-5-12(6-4-11)22-17-20-9-7-15(23-17)14-10-21-16-13(14)2-1-8-19-16/h1-9,14H,10,18H2,(H,19,21)(H,20,22,23). The summed E-state index contributed by atoms with van der Waals surface area (Å²) >= 11 is 0. The fourth-order valence-corrected chi connectivity index (χ4v) is 2.74. The van der Waals surface area contributed by atoms with Crippen LogP contribution in [0.4, 0.5) is 23.1 Å². The van der Waals surface area contributed by atoms with Crippen LogP contribution in [0.3, 0.4) is 0 Å². The van der Waals surface area contributed by atoms with Gasteiger partial charge >= 0.3 is 0 Å². The number of nitrogen functional groups attached to an aromatic ring is 1. The summed E-state index contributed by atoms with van der Waals surface area (Å²) in [5.74, 6) is 1.70. The Kier molecular flexibility index (Phi) is 3.27. The van der Waals surface area contributed by atoms with Crippen molar-refractivity contribution in [1.82, 2.24) is 15.0 Å². The lowest BCUT2D eigenvalue weighted by atomic mass is 9.99. The number of nitrogens with zero attached hydrogens (tertiary/aromatic N) is 3. The van der Waals surface area contributed by atoms with Gasteiger partial charge in [0.15, 0.2) is 0 Å². The highest BCUT2D eigenvalue weighted by Gasteiger charge is 2.25. The molecule has 3 aromatic rings. The highest BCUT2D eigenvalue weighted by atomic mass is 15.1. The van der Waals surface area contributed by atoms with Crippen LogP contribution in [-0.4, -0.2) is 21.5 Å². The van der Waals surface area contributed by atoms with Crippen molar-refractivity contribution >= 4 is 23.1 Å². The van der Waals surface area contributed by atoms with Gasteiger partial charge in [0.2, 0.25) is 5.95 Å². The molecule has 0 saturated carbocycles. The Balaban J connectivity index is 1.61. The minimum Gasteiger partial charge on any atom is -0.399 e. The number of hydrogen-bond acceptors (Lipinski definition) is 6.